The van der Waals surface area contributed by atoms with E-state index in [1.54, 1.807) is 0 Å². The number of rotatable bonds is 6. The average Bonchev–Trinajstić information content (AvgIpc) is 2.46. The normalized spacial score (nSPS) is 12.1. The van der Waals surface area contributed by atoms with Crippen LogP contribution in [0.2, 0.25) is 0 Å². The summed E-state index contributed by atoms with van der Waals surface area (Å²) >= 11 is 0. The molecule has 0 N–H and O–H groups in total. The summed E-state index contributed by atoms with van der Waals surface area (Å²) in [6, 6.07) is 1.21. The van der Waals surface area contributed by atoms with Crippen molar-refractivity contribution in [3.63, 3.8) is 0 Å². The molecule has 0 radical (unpaired) electrons. The molecule has 0 aliphatic heterocycles. The summed E-state index contributed by atoms with van der Waals surface area (Å²) in [7, 11) is 0. The molecular weight excluding hydrogens is 294 g/mol. The number of nitrogens with zero attached hydrogens (tertiary/aromatic N) is 1. The highest BCUT2D eigenvalue weighted by Gasteiger charge is 2.45. The monoisotopic (exact) mass is 307 g/mol. The van der Waals surface area contributed by atoms with Gasteiger partial charge in [-0.05, 0) is 19.1 Å². The Hall–Kier alpha value is -1.99. The van der Waals surface area contributed by atoms with Crippen LogP contribution >= 0.6 is 0 Å². The van der Waals surface area contributed by atoms with Gasteiger partial charge in [-0.25, -0.2) is 4.79 Å². The number of hydrogen-bond donors (Lipinski definition) is 0. The maximum atomic E-state index is 13.6. The first-order chi connectivity index (χ1) is 9.67. The topological polar surface area (TPSA) is 56.3 Å². The molecule has 1 aromatic rings. The Morgan fingerprint density at radius 3 is 2.19 bits per heavy atom. The summed E-state index contributed by atoms with van der Waals surface area (Å²) in [6.07, 6.45) is 0.0454. The van der Waals surface area contributed by atoms with E-state index in [4.69, 9.17) is 0 Å². The standard InChI is InChI=1S/C13H13F4NO3/c1-3-10(19)12(14,15)8-5-6-9(18-7-8)13(16,17)11(20)21-4-2/h5-7H,3-4H2,1-2H3. The van der Waals surface area contributed by atoms with Gasteiger partial charge in [-0.2, -0.15) is 17.6 Å². The molecule has 0 aliphatic carbocycles. The quantitative estimate of drug-likeness (QED) is 0.599. The lowest BCUT2D eigenvalue weighted by atomic mass is 10.0. The van der Waals surface area contributed by atoms with Gasteiger partial charge in [0.1, 0.15) is 5.69 Å². The van der Waals surface area contributed by atoms with Crippen molar-refractivity contribution in [3.8, 4) is 0 Å². The summed E-state index contributed by atoms with van der Waals surface area (Å²) in [6.45, 7) is 2.35. The van der Waals surface area contributed by atoms with Crippen LogP contribution in [-0.2, 0) is 26.2 Å². The fraction of sp³-hybridized carbons (Fsp3) is 0.462. The lowest BCUT2D eigenvalue weighted by molar-refractivity contribution is -0.173. The third-order valence-electron chi connectivity index (χ3n) is 2.65. The van der Waals surface area contributed by atoms with Gasteiger partial charge in [0.25, 0.3) is 0 Å². The molecule has 0 unspecified atom stereocenters. The summed E-state index contributed by atoms with van der Waals surface area (Å²) in [5.41, 5.74) is -1.83. The number of carbonyl (C=O) groups is 2. The lowest BCUT2D eigenvalue weighted by Gasteiger charge is -2.17. The Morgan fingerprint density at radius 2 is 1.76 bits per heavy atom. The second-order valence-electron chi connectivity index (χ2n) is 4.08. The SMILES string of the molecule is CCOC(=O)C(F)(F)c1ccc(C(F)(F)C(=O)CC)cn1. The number of carbonyl (C=O) groups excluding carboxylic acids is 2. The second-order valence-corrected chi connectivity index (χ2v) is 4.08. The molecule has 8 heteroatoms. The number of aromatic nitrogens is 1. The summed E-state index contributed by atoms with van der Waals surface area (Å²) in [5.74, 6) is -11.0. The van der Waals surface area contributed by atoms with Crippen molar-refractivity contribution in [1.29, 1.82) is 0 Å². The Kier molecular flexibility index (Phi) is 5.03. The van der Waals surface area contributed by atoms with Crippen molar-refractivity contribution in [2.24, 2.45) is 0 Å². The second kappa shape index (κ2) is 6.19. The summed E-state index contributed by atoms with van der Waals surface area (Å²) in [5, 5.41) is 0. The van der Waals surface area contributed by atoms with Crippen LogP contribution in [0.1, 0.15) is 31.5 Å². The fourth-order valence-electron chi connectivity index (χ4n) is 1.47. The Balaban J connectivity index is 3.08. The highest BCUT2D eigenvalue weighted by Crippen LogP contribution is 2.32. The fourth-order valence-corrected chi connectivity index (χ4v) is 1.47. The van der Waals surface area contributed by atoms with Gasteiger partial charge in [-0.15, -0.1) is 0 Å². The third kappa shape index (κ3) is 3.37. The first-order valence-electron chi connectivity index (χ1n) is 6.11. The van der Waals surface area contributed by atoms with E-state index in [1.165, 1.54) is 13.8 Å². The average molecular weight is 307 g/mol. The van der Waals surface area contributed by atoms with Crippen LogP contribution in [0.5, 0.6) is 0 Å². The lowest BCUT2D eigenvalue weighted by Crippen LogP contribution is -2.30. The maximum Gasteiger partial charge on any atom is 0.384 e. The molecule has 1 rings (SSSR count). The third-order valence-corrected chi connectivity index (χ3v) is 2.65. The number of halogens is 4. The number of esters is 1. The van der Waals surface area contributed by atoms with E-state index < -0.39 is 41.3 Å². The van der Waals surface area contributed by atoms with Gasteiger partial charge in [-0.1, -0.05) is 6.92 Å². The van der Waals surface area contributed by atoms with Crippen molar-refractivity contribution in [2.75, 3.05) is 6.61 Å². The Morgan fingerprint density at radius 1 is 1.14 bits per heavy atom. The molecule has 0 aromatic carbocycles. The largest absolute Gasteiger partial charge is 0.461 e. The predicted octanol–water partition coefficient (Wildman–Crippen LogP) is 2.81. The highest BCUT2D eigenvalue weighted by molar-refractivity contribution is 5.86. The zero-order valence-electron chi connectivity index (χ0n) is 11.3. The van der Waals surface area contributed by atoms with Gasteiger partial charge in [0.2, 0.25) is 5.78 Å². The van der Waals surface area contributed by atoms with Gasteiger partial charge in [0, 0.05) is 18.2 Å². The zero-order valence-corrected chi connectivity index (χ0v) is 11.3. The van der Waals surface area contributed by atoms with E-state index in [0.717, 1.165) is 0 Å². The van der Waals surface area contributed by atoms with E-state index in [0.29, 0.717) is 18.3 Å². The van der Waals surface area contributed by atoms with E-state index in [2.05, 4.69) is 9.72 Å². The summed E-state index contributed by atoms with van der Waals surface area (Å²) in [4.78, 5) is 25.3. The molecule has 0 aliphatic rings. The van der Waals surface area contributed by atoms with Crippen LogP contribution in [0.4, 0.5) is 17.6 Å². The minimum absolute atomic E-state index is 0.254. The van der Waals surface area contributed by atoms with E-state index >= 15 is 0 Å². The van der Waals surface area contributed by atoms with Crippen LogP contribution in [0.3, 0.4) is 0 Å². The van der Waals surface area contributed by atoms with Crippen molar-refractivity contribution in [1.82, 2.24) is 4.98 Å². The van der Waals surface area contributed by atoms with Crippen LogP contribution < -0.4 is 0 Å². The molecule has 0 fully saturated rings. The number of ketones is 1. The molecule has 0 bridgehead atoms. The Labute approximate surface area is 118 Å². The minimum atomic E-state index is -4.04. The Bertz CT molecular complexity index is 529. The molecule has 21 heavy (non-hydrogen) atoms. The molecule has 0 saturated heterocycles. The zero-order chi connectivity index (χ0) is 16.3. The number of Topliss-reactive ketones (excluding diaryl/α,β-unsaturated/α-hetero) is 1. The predicted molar refractivity (Wildman–Crippen MR) is 64.0 cm³/mol. The molecular formula is C13H13F4NO3. The van der Waals surface area contributed by atoms with E-state index in [-0.39, 0.29) is 6.61 Å². The first-order valence-corrected chi connectivity index (χ1v) is 6.11. The number of hydrogen-bond acceptors (Lipinski definition) is 4. The first kappa shape index (κ1) is 17.1. The maximum absolute atomic E-state index is 13.6. The minimum Gasteiger partial charge on any atom is -0.461 e. The molecule has 0 spiro atoms. The van der Waals surface area contributed by atoms with Crippen molar-refractivity contribution < 1.29 is 31.9 Å². The molecule has 1 aromatic heterocycles. The van der Waals surface area contributed by atoms with E-state index in [9.17, 15) is 27.2 Å². The number of pyridine rings is 1. The number of ether oxygens (including phenoxy) is 1. The molecule has 0 atom stereocenters. The molecule has 4 nitrogen and oxygen atoms in total. The van der Waals surface area contributed by atoms with Gasteiger partial charge < -0.3 is 4.74 Å². The van der Waals surface area contributed by atoms with Gasteiger partial charge in [0.05, 0.1) is 6.61 Å². The summed E-state index contributed by atoms with van der Waals surface area (Å²) < 4.78 is 58.6. The van der Waals surface area contributed by atoms with Crippen LogP contribution in [0.15, 0.2) is 18.3 Å². The van der Waals surface area contributed by atoms with E-state index in [1.807, 2.05) is 0 Å². The highest BCUT2D eigenvalue weighted by atomic mass is 19.3. The van der Waals surface area contributed by atoms with Crippen LogP contribution in [-0.4, -0.2) is 23.3 Å². The molecule has 1 heterocycles. The van der Waals surface area contributed by atoms with Crippen LogP contribution in [0, 0.1) is 0 Å². The molecule has 0 saturated carbocycles. The van der Waals surface area contributed by atoms with Gasteiger partial charge in [-0.3, -0.25) is 9.78 Å². The number of alkyl halides is 4. The van der Waals surface area contributed by atoms with Crippen molar-refractivity contribution in [3.05, 3.63) is 29.6 Å². The molecule has 0 amide bonds. The van der Waals surface area contributed by atoms with Crippen molar-refractivity contribution >= 4 is 11.8 Å². The molecule has 116 valence electrons. The van der Waals surface area contributed by atoms with Crippen molar-refractivity contribution in [2.45, 2.75) is 32.1 Å². The smallest absolute Gasteiger partial charge is 0.384 e. The van der Waals surface area contributed by atoms with Gasteiger partial charge >= 0.3 is 17.8 Å². The van der Waals surface area contributed by atoms with Crippen LogP contribution in [0.25, 0.3) is 0 Å². The van der Waals surface area contributed by atoms with Gasteiger partial charge in [0.15, 0.2) is 0 Å².